The Bertz CT molecular complexity index is 171. The third-order valence-electron chi connectivity index (χ3n) is 3.02. The average molecular weight is 183 g/mol. The quantitative estimate of drug-likeness (QED) is 0.613. The van der Waals surface area contributed by atoms with Gasteiger partial charge in [0.2, 0.25) is 0 Å². The topological polar surface area (TPSA) is 29.4 Å². The van der Waals surface area contributed by atoms with E-state index in [1.165, 1.54) is 25.7 Å². The summed E-state index contributed by atoms with van der Waals surface area (Å²) in [5.74, 6) is 0.580. The van der Waals surface area contributed by atoms with E-state index >= 15 is 0 Å². The van der Waals surface area contributed by atoms with Crippen LogP contribution in [-0.4, -0.2) is 6.04 Å². The van der Waals surface area contributed by atoms with E-state index in [0.717, 1.165) is 6.42 Å². The minimum Gasteiger partial charge on any atom is -0.151 e. The number of rotatable bonds is 3. The van der Waals surface area contributed by atoms with Crippen LogP contribution in [0.25, 0.3) is 0 Å². The van der Waals surface area contributed by atoms with E-state index in [-0.39, 0.29) is 6.04 Å². The van der Waals surface area contributed by atoms with Gasteiger partial charge in [-0.3, -0.25) is 0 Å². The normalized spacial score (nSPS) is 29.2. The highest BCUT2D eigenvalue weighted by molar-refractivity contribution is 4.83. The van der Waals surface area contributed by atoms with Crippen LogP contribution in [0.1, 0.15) is 52.9 Å². The van der Waals surface area contributed by atoms with Crippen molar-refractivity contribution in [2.75, 3.05) is 0 Å². The second-order valence-corrected chi connectivity index (χ2v) is 5.46. The molecule has 1 aliphatic carbocycles. The molecule has 0 aliphatic heterocycles. The summed E-state index contributed by atoms with van der Waals surface area (Å²) in [6.45, 7) is 6.77. The van der Waals surface area contributed by atoms with Crippen molar-refractivity contribution < 1.29 is 0 Å². The van der Waals surface area contributed by atoms with E-state index in [2.05, 4.69) is 25.9 Å². The molecule has 0 aromatic heterocycles. The molecule has 0 N–H and O–H groups in total. The zero-order valence-electron chi connectivity index (χ0n) is 9.05. The Morgan fingerprint density at radius 1 is 1.31 bits per heavy atom. The predicted octanol–water partition coefficient (Wildman–Crippen LogP) is 3.75. The lowest BCUT2D eigenvalue weighted by Gasteiger charge is -2.21. The monoisotopic (exact) mass is 183 g/mol. The van der Waals surface area contributed by atoms with Crippen LogP contribution in [0.5, 0.6) is 0 Å². The molecule has 2 heteroatoms. The molecule has 0 amide bonds. The van der Waals surface area contributed by atoms with Crippen LogP contribution in [0.3, 0.4) is 0 Å². The number of hydrogen-bond donors (Lipinski definition) is 0. The first-order valence-corrected chi connectivity index (χ1v) is 5.35. The predicted molar refractivity (Wildman–Crippen MR) is 55.6 cm³/mol. The fraction of sp³-hybridized carbons (Fsp3) is 1.00. The van der Waals surface area contributed by atoms with Gasteiger partial charge in [0.05, 0.1) is 6.04 Å². The maximum Gasteiger partial charge on any atom is 0.0947 e. The molecule has 76 valence electrons. The van der Waals surface area contributed by atoms with Gasteiger partial charge in [-0.2, -0.15) is 4.91 Å². The Morgan fingerprint density at radius 2 is 2.00 bits per heavy atom. The molecule has 1 saturated carbocycles. The standard InChI is InChI=1S/C11H21NO/c1-11(2,3)8-7-9-5-4-6-10(9)12-13/h9-10H,4-8H2,1-3H3. The van der Waals surface area contributed by atoms with Gasteiger partial charge in [-0.05, 0) is 37.0 Å². The summed E-state index contributed by atoms with van der Waals surface area (Å²) in [4.78, 5) is 10.5. The Morgan fingerprint density at radius 3 is 2.54 bits per heavy atom. The zero-order chi connectivity index (χ0) is 9.90. The number of hydrogen-bond acceptors (Lipinski definition) is 2. The molecule has 2 atom stereocenters. The molecule has 1 rings (SSSR count). The van der Waals surface area contributed by atoms with E-state index in [1.807, 2.05) is 0 Å². The molecular formula is C11H21NO. The molecule has 2 nitrogen and oxygen atoms in total. The lowest BCUT2D eigenvalue weighted by atomic mass is 9.85. The van der Waals surface area contributed by atoms with Crippen LogP contribution in [0.4, 0.5) is 0 Å². The van der Waals surface area contributed by atoms with Crippen molar-refractivity contribution in [2.45, 2.75) is 58.9 Å². The SMILES string of the molecule is CC(C)(C)CCC1CCCC1N=O. The third kappa shape index (κ3) is 3.45. The second kappa shape index (κ2) is 4.21. The maximum atomic E-state index is 10.5. The van der Waals surface area contributed by atoms with E-state index < -0.39 is 0 Å². The number of nitroso groups, excluding NO2 is 1. The van der Waals surface area contributed by atoms with Crippen molar-refractivity contribution in [3.8, 4) is 0 Å². The average Bonchev–Trinajstić information content (AvgIpc) is 2.46. The Hall–Kier alpha value is -0.400. The maximum absolute atomic E-state index is 10.5. The van der Waals surface area contributed by atoms with Gasteiger partial charge in [-0.25, -0.2) is 0 Å². The van der Waals surface area contributed by atoms with Crippen molar-refractivity contribution in [3.05, 3.63) is 4.91 Å². The molecule has 0 saturated heterocycles. The Labute approximate surface area is 81.1 Å². The van der Waals surface area contributed by atoms with Gasteiger partial charge in [0.15, 0.2) is 0 Å². The summed E-state index contributed by atoms with van der Waals surface area (Å²) in [5.41, 5.74) is 0.399. The van der Waals surface area contributed by atoms with E-state index in [0.29, 0.717) is 11.3 Å². The summed E-state index contributed by atoms with van der Waals surface area (Å²) in [6.07, 6.45) is 5.83. The first-order valence-electron chi connectivity index (χ1n) is 5.35. The van der Waals surface area contributed by atoms with Crippen LogP contribution < -0.4 is 0 Å². The summed E-state index contributed by atoms with van der Waals surface area (Å²) >= 11 is 0. The highest BCUT2D eigenvalue weighted by Gasteiger charge is 2.28. The lowest BCUT2D eigenvalue weighted by Crippen LogP contribution is -2.14. The van der Waals surface area contributed by atoms with Gasteiger partial charge in [-0.15, -0.1) is 0 Å². The highest BCUT2D eigenvalue weighted by atomic mass is 16.3. The Balaban J connectivity index is 2.32. The highest BCUT2D eigenvalue weighted by Crippen LogP contribution is 2.34. The Kier molecular flexibility index (Phi) is 3.46. The van der Waals surface area contributed by atoms with Gasteiger partial charge < -0.3 is 0 Å². The second-order valence-electron chi connectivity index (χ2n) is 5.46. The van der Waals surface area contributed by atoms with Gasteiger partial charge >= 0.3 is 0 Å². The third-order valence-corrected chi connectivity index (χ3v) is 3.02. The van der Waals surface area contributed by atoms with Crippen molar-refractivity contribution in [3.63, 3.8) is 0 Å². The smallest absolute Gasteiger partial charge is 0.0947 e. The van der Waals surface area contributed by atoms with Gasteiger partial charge in [0.25, 0.3) is 0 Å². The van der Waals surface area contributed by atoms with Crippen molar-refractivity contribution in [2.24, 2.45) is 16.5 Å². The molecule has 0 aromatic rings. The summed E-state index contributed by atoms with van der Waals surface area (Å²) in [6, 6.07) is 0.127. The van der Waals surface area contributed by atoms with Crippen LogP contribution in [-0.2, 0) is 0 Å². The van der Waals surface area contributed by atoms with Gasteiger partial charge in [0.1, 0.15) is 0 Å². The van der Waals surface area contributed by atoms with Gasteiger partial charge in [-0.1, -0.05) is 32.4 Å². The summed E-state index contributed by atoms with van der Waals surface area (Å²) in [5, 5.41) is 3.22. The van der Waals surface area contributed by atoms with Crippen LogP contribution in [0, 0.1) is 16.2 Å². The van der Waals surface area contributed by atoms with E-state index in [4.69, 9.17) is 0 Å². The molecular weight excluding hydrogens is 162 g/mol. The fourth-order valence-electron chi connectivity index (χ4n) is 2.11. The molecule has 2 unspecified atom stereocenters. The fourth-order valence-corrected chi connectivity index (χ4v) is 2.11. The number of nitrogens with zero attached hydrogens (tertiary/aromatic N) is 1. The zero-order valence-corrected chi connectivity index (χ0v) is 9.05. The molecule has 0 radical (unpaired) electrons. The largest absolute Gasteiger partial charge is 0.151 e. The molecule has 1 aliphatic rings. The van der Waals surface area contributed by atoms with E-state index in [1.54, 1.807) is 0 Å². The molecule has 0 aromatic carbocycles. The summed E-state index contributed by atoms with van der Waals surface area (Å²) < 4.78 is 0. The minimum atomic E-state index is 0.127. The van der Waals surface area contributed by atoms with Crippen molar-refractivity contribution >= 4 is 0 Å². The van der Waals surface area contributed by atoms with E-state index in [9.17, 15) is 4.91 Å². The van der Waals surface area contributed by atoms with Crippen LogP contribution in [0.15, 0.2) is 5.18 Å². The van der Waals surface area contributed by atoms with Crippen molar-refractivity contribution in [1.82, 2.24) is 0 Å². The van der Waals surface area contributed by atoms with Gasteiger partial charge in [0, 0.05) is 0 Å². The molecule has 13 heavy (non-hydrogen) atoms. The minimum absolute atomic E-state index is 0.127. The molecule has 1 fully saturated rings. The lowest BCUT2D eigenvalue weighted by molar-refractivity contribution is 0.311. The summed E-state index contributed by atoms with van der Waals surface area (Å²) in [7, 11) is 0. The van der Waals surface area contributed by atoms with Crippen molar-refractivity contribution in [1.29, 1.82) is 0 Å². The molecule has 0 bridgehead atoms. The first kappa shape index (κ1) is 10.7. The van der Waals surface area contributed by atoms with Crippen LogP contribution >= 0.6 is 0 Å². The first-order chi connectivity index (χ1) is 6.03. The van der Waals surface area contributed by atoms with Crippen LogP contribution in [0.2, 0.25) is 0 Å². The molecule has 0 heterocycles. The molecule has 0 spiro atoms.